The molecule has 1 aliphatic heterocycles. The van der Waals surface area contributed by atoms with Gasteiger partial charge in [0.25, 0.3) is 0 Å². The lowest BCUT2D eigenvalue weighted by Crippen LogP contribution is -2.28. The van der Waals surface area contributed by atoms with E-state index >= 15 is 0 Å². The summed E-state index contributed by atoms with van der Waals surface area (Å²) in [6, 6.07) is 12.0. The maximum atomic E-state index is 12.6. The van der Waals surface area contributed by atoms with Crippen LogP contribution >= 0.6 is 0 Å². The number of piperidine rings is 1. The molecule has 1 unspecified atom stereocenters. The number of rotatable bonds is 8. The molecule has 1 atom stereocenters. The van der Waals surface area contributed by atoms with Crippen LogP contribution in [0, 0.1) is 17.8 Å². The Kier molecular flexibility index (Phi) is 9.45. The van der Waals surface area contributed by atoms with E-state index < -0.39 is 0 Å². The van der Waals surface area contributed by atoms with E-state index in [0.717, 1.165) is 52.9 Å². The van der Waals surface area contributed by atoms with E-state index in [9.17, 15) is 4.79 Å². The van der Waals surface area contributed by atoms with Crippen molar-refractivity contribution in [1.29, 1.82) is 0 Å². The normalized spacial score (nSPS) is 18.2. The molecule has 3 aromatic rings. The van der Waals surface area contributed by atoms with Crippen LogP contribution in [0.1, 0.15) is 51.9 Å². The van der Waals surface area contributed by atoms with Crippen molar-refractivity contribution in [3.05, 3.63) is 76.6 Å². The fourth-order valence-electron chi connectivity index (χ4n) is 6.66. The number of aromatic nitrogens is 1. The number of Topliss-reactive ketones (excluding diaryl/α,β-unsaturated/α-hetero) is 1. The Morgan fingerprint density at radius 3 is 1.83 bits per heavy atom. The van der Waals surface area contributed by atoms with E-state index in [-0.39, 0.29) is 11.7 Å². The highest BCUT2D eigenvalue weighted by Crippen LogP contribution is 2.40. The maximum Gasteiger partial charge on any atom is 0.167 e. The molecular formula is C34H42N2O5. The molecule has 2 aliphatic carbocycles. The Bertz CT molecular complexity index is 1300. The van der Waals surface area contributed by atoms with E-state index in [2.05, 4.69) is 22.4 Å². The van der Waals surface area contributed by atoms with Gasteiger partial charge in [-0.05, 0) is 129 Å². The average Bonchev–Trinajstić information content (AvgIpc) is 3.55. The minimum absolute atomic E-state index is 0.0146. The van der Waals surface area contributed by atoms with Crippen molar-refractivity contribution in [3.8, 4) is 23.0 Å². The number of hydrogen-bond acceptors (Lipinski definition) is 7. The number of nitrogens with one attached hydrogen (secondary N) is 1. The Balaban J connectivity index is 0.000000165. The van der Waals surface area contributed by atoms with Gasteiger partial charge in [0.2, 0.25) is 0 Å². The molecule has 2 aromatic carbocycles. The zero-order chi connectivity index (χ0) is 28.8. The molecule has 7 nitrogen and oxygen atoms in total. The van der Waals surface area contributed by atoms with Gasteiger partial charge in [-0.15, -0.1) is 0 Å². The monoisotopic (exact) mass is 558 g/mol. The lowest BCUT2D eigenvalue weighted by atomic mass is 9.86. The highest BCUT2D eigenvalue weighted by molar-refractivity contribution is 6.03. The van der Waals surface area contributed by atoms with Crippen molar-refractivity contribution in [3.63, 3.8) is 0 Å². The molecule has 1 fully saturated rings. The molecule has 3 aliphatic rings. The van der Waals surface area contributed by atoms with Crippen molar-refractivity contribution in [2.24, 2.45) is 17.8 Å². The summed E-state index contributed by atoms with van der Waals surface area (Å²) in [5.41, 5.74) is 5.85. The molecule has 6 rings (SSSR count). The van der Waals surface area contributed by atoms with Gasteiger partial charge in [-0.2, -0.15) is 0 Å². The largest absolute Gasteiger partial charge is 0.493 e. The number of hydrogen-bond donors (Lipinski definition) is 1. The first-order valence-corrected chi connectivity index (χ1v) is 14.6. The molecule has 1 saturated heterocycles. The second-order valence-electron chi connectivity index (χ2n) is 11.4. The minimum Gasteiger partial charge on any atom is -0.493 e. The van der Waals surface area contributed by atoms with Crippen molar-refractivity contribution in [2.75, 3.05) is 41.5 Å². The molecule has 1 N–H and O–H groups in total. The van der Waals surface area contributed by atoms with Crippen LogP contribution in [0.15, 0.2) is 48.8 Å². The van der Waals surface area contributed by atoms with Gasteiger partial charge < -0.3 is 24.3 Å². The van der Waals surface area contributed by atoms with Gasteiger partial charge in [0.1, 0.15) is 0 Å². The van der Waals surface area contributed by atoms with Gasteiger partial charge in [-0.3, -0.25) is 9.78 Å². The molecule has 7 heteroatoms. The van der Waals surface area contributed by atoms with Crippen molar-refractivity contribution in [2.45, 2.75) is 44.9 Å². The van der Waals surface area contributed by atoms with Crippen LogP contribution in [0.2, 0.25) is 0 Å². The predicted octanol–water partition coefficient (Wildman–Crippen LogP) is 5.50. The van der Waals surface area contributed by atoms with Gasteiger partial charge in [0, 0.05) is 23.9 Å². The summed E-state index contributed by atoms with van der Waals surface area (Å²) in [6.07, 6.45) is 11.5. The lowest BCUT2D eigenvalue weighted by Gasteiger charge is -2.25. The first-order valence-electron chi connectivity index (χ1n) is 14.6. The molecule has 2 heterocycles. The summed E-state index contributed by atoms with van der Waals surface area (Å²) in [6.45, 7) is 2.40. The third kappa shape index (κ3) is 6.67. The van der Waals surface area contributed by atoms with Crippen LogP contribution in [0.4, 0.5) is 0 Å². The van der Waals surface area contributed by atoms with Crippen LogP contribution in [0.5, 0.6) is 23.0 Å². The highest BCUT2D eigenvalue weighted by Gasteiger charge is 2.32. The van der Waals surface area contributed by atoms with Gasteiger partial charge in [0.15, 0.2) is 28.8 Å². The molecular weight excluding hydrogens is 516 g/mol. The topological polar surface area (TPSA) is 78.9 Å². The maximum absolute atomic E-state index is 12.6. The molecule has 0 spiro atoms. The number of nitrogens with zero attached hydrogens (tertiary/aromatic N) is 1. The molecule has 41 heavy (non-hydrogen) atoms. The second-order valence-corrected chi connectivity index (χ2v) is 11.4. The Morgan fingerprint density at radius 1 is 0.732 bits per heavy atom. The summed E-state index contributed by atoms with van der Waals surface area (Å²) in [5.74, 6) is 4.91. The van der Waals surface area contributed by atoms with Gasteiger partial charge in [0.05, 0.1) is 28.4 Å². The molecule has 0 radical (unpaired) electrons. The second kappa shape index (κ2) is 13.4. The number of carbonyl (C=O) groups excluding carboxylic acids is 1. The van der Waals surface area contributed by atoms with Crippen molar-refractivity contribution < 1.29 is 23.7 Å². The van der Waals surface area contributed by atoms with Crippen molar-refractivity contribution in [1.82, 2.24) is 10.3 Å². The molecule has 0 bridgehead atoms. The van der Waals surface area contributed by atoms with Gasteiger partial charge >= 0.3 is 0 Å². The van der Waals surface area contributed by atoms with Gasteiger partial charge in [-0.25, -0.2) is 0 Å². The number of methoxy groups -OCH3 is 4. The van der Waals surface area contributed by atoms with E-state index in [4.69, 9.17) is 18.9 Å². The lowest BCUT2D eigenvalue weighted by molar-refractivity contribution is 0.0936. The third-order valence-electron chi connectivity index (χ3n) is 8.79. The number of fused-ring (bicyclic) bond motifs is 2. The quantitative estimate of drug-likeness (QED) is 0.391. The summed E-state index contributed by atoms with van der Waals surface area (Å²) >= 11 is 0. The fourth-order valence-corrected chi connectivity index (χ4v) is 6.66. The number of pyridine rings is 1. The predicted molar refractivity (Wildman–Crippen MR) is 160 cm³/mol. The van der Waals surface area contributed by atoms with Crippen molar-refractivity contribution >= 4 is 5.78 Å². The first kappa shape index (κ1) is 28.9. The van der Waals surface area contributed by atoms with E-state index in [1.165, 1.54) is 56.3 Å². The number of carbonyl (C=O) groups is 1. The van der Waals surface area contributed by atoms with Gasteiger partial charge in [-0.1, -0.05) is 0 Å². The van der Waals surface area contributed by atoms with Crippen LogP contribution in [-0.2, 0) is 25.7 Å². The Morgan fingerprint density at radius 2 is 1.27 bits per heavy atom. The highest BCUT2D eigenvalue weighted by atomic mass is 16.5. The minimum atomic E-state index is -0.0146. The summed E-state index contributed by atoms with van der Waals surface area (Å²) in [4.78, 5) is 16.6. The zero-order valence-electron chi connectivity index (χ0n) is 24.7. The number of ketones is 1. The summed E-state index contributed by atoms with van der Waals surface area (Å²) in [7, 11) is 6.62. The van der Waals surface area contributed by atoms with Crippen LogP contribution in [0.25, 0.3) is 0 Å². The molecule has 0 saturated carbocycles. The van der Waals surface area contributed by atoms with E-state index in [1.807, 2.05) is 18.2 Å². The summed E-state index contributed by atoms with van der Waals surface area (Å²) in [5, 5.41) is 3.45. The SMILES string of the molecule is COc1cc2c(cc1OC)C(=O)C(Cc1ccncc1)C2.COc1cc2c(cc1OC)CC(CC1CCNCC1)C2. The standard InChI is InChI=1S/C17H17NO3.C17H25NO2/c1-20-15-9-12-8-13(7-11-3-5-18-6-4-11)17(19)14(12)10-16(15)21-2;1-19-16-10-14-8-13(7-12-3-5-18-6-4-12)9-15(14)11-17(16)20-2/h3-6,9-10,13H,7-8H2,1-2H3;10-13,18H,3-9H2,1-2H3. The molecule has 1 aromatic heterocycles. The first-order chi connectivity index (χ1) is 20.0. The average molecular weight is 559 g/mol. The Labute approximate surface area is 243 Å². The number of benzene rings is 2. The fraction of sp³-hybridized carbons (Fsp3) is 0.471. The zero-order valence-corrected chi connectivity index (χ0v) is 24.7. The third-order valence-corrected chi connectivity index (χ3v) is 8.79. The van der Waals surface area contributed by atoms with Crippen LogP contribution in [-0.4, -0.2) is 52.3 Å². The number of ether oxygens (including phenoxy) is 4. The van der Waals surface area contributed by atoms with E-state index in [1.54, 1.807) is 46.9 Å². The molecule has 218 valence electrons. The molecule has 0 amide bonds. The summed E-state index contributed by atoms with van der Waals surface area (Å²) < 4.78 is 21.4. The Hall–Kier alpha value is -3.58. The smallest absolute Gasteiger partial charge is 0.167 e. The van der Waals surface area contributed by atoms with Crippen LogP contribution < -0.4 is 24.3 Å². The van der Waals surface area contributed by atoms with Crippen LogP contribution in [0.3, 0.4) is 0 Å². The van der Waals surface area contributed by atoms with E-state index in [0.29, 0.717) is 11.5 Å².